The third-order valence-corrected chi connectivity index (χ3v) is 5.74. The molecule has 6 nitrogen and oxygen atoms in total. The zero-order valence-electron chi connectivity index (χ0n) is 15.6. The van der Waals surface area contributed by atoms with E-state index in [-0.39, 0.29) is 12.7 Å². The van der Waals surface area contributed by atoms with E-state index >= 15 is 0 Å². The van der Waals surface area contributed by atoms with Gasteiger partial charge in [-0.15, -0.1) is 0 Å². The standard InChI is InChI=1S/C22H21N3O3/c1-22(21(26)24-17-11-15-5-2-3-7-18(15)23-12-17)9-10-25(22)13-16-6-4-8-19-20(16)28-14-27-19/h2-8,11-12H,9-10,13-14H2,1H3,(H,24,26). The number of nitrogens with zero attached hydrogens (tertiary/aromatic N) is 2. The Labute approximate surface area is 163 Å². The summed E-state index contributed by atoms with van der Waals surface area (Å²) < 4.78 is 11.1. The van der Waals surface area contributed by atoms with Crippen molar-refractivity contribution in [2.24, 2.45) is 0 Å². The number of para-hydroxylation sites is 2. The van der Waals surface area contributed by atoms with Gasteiger partial charge in [-0.1, -0.05) is 30.3 Å². The lowest BCUT2D eigenvalue weighted by atomic mass is 9.85. The van der Waals surface area contributed by atoms with Gasteiger partial charge in [-0.2, -0.15) is 0 Å². The van der Waals surface area contributed by atoms with E-state index in [4.69, 9.17) is 9.47 Å². The Balaban J connectivity index is 1.33. The molecule has 0 spiro atoms. The summed E-state index contributed by atoms with van der Waals surface area (Å²) in [5.41, 5.74) is 2.11. The molecule has 0 bridgehead atoms. The summed E-state index contributed by atoms with van der Waals surface area (Å²) in [7, 11) is 0. The third kappa shape index (κ3) is 2.77. The number of fused-ring (bicyclic) bond motifs is 2. The molecule has 0 radical (unpaired) electrons. The van der Waals surface area contributed by atoms with Gasteiger partial charge in [-0.3, -0.25) is 14.7 Å². The summed E-state index contributed by atoms with van der Waals surface area (Å²) in [5, 5.41) is 4.05. The summed E-state index contributed by atoms with van der Waals surface area (Å²) >= 11 is 0. The maximum Gasteiger partial charge on any atom is 0.244 e. The molecular weight excluding hydrogens is 354 g/mol. The fourth-order valence-electron chi connectivity index (χ4n) is 3.84. The number of ether oxygens (including phenoxy) is 2. The van der Waals surface area contributed by atoms with Crippen molar-refractivity contribution in [3.63, 3.8) is 0 Å². The van der Waals surface area contributed by atoms with Gasteiger partial charge in [0.2, 0.25) is 12.7 Å². The van der Waals surface area contributed by atoms with Gasteiger partial charge in [-0.05, 0) is 31.5 Å². The summed E-state index contributed by atoms with van der Waals surface area (Å²) in [6, 6.07) is 15.7. The molecule has 5 rings (SSSR count). The van der Waals surface area contributed by atoms with Crippen LogP contribution in [0.2, 0.25) is 0 Å². The van der Waals surface area contributed by atoms with E-state index in [0.717, 1.165) is 40.9 Å². The highest BCUT2D eigenvalue weighted by molar-refractivity contribution is 5.99. The molecule has 0 aliphatic carbocycles. The van der Waals surface area contributed by atoms with Crippen LogP contribution in [-0.4, -0.2) is 34.7 Å². The van der Waals surface area contributed by atoms with Crippen molar-refractivity contribution in [2.75, 3.05) is 18.7 Å². The summed E-state index contributed by atoms with van der Waals surface area (Å²) in [4.78, 5) is 19.7. The van der Waals surface area contributed by atoms with Crippen LogP contribution in [0, 0.1) is 0 Å². The minimum Gasteiger partial charge on any atom is -0.454 e. The molecule has 142 valence electrons. The molecule has 6 heteroatoms. The van der Waals surface area contributed by atoms with E-state index in [1.54, 1.807) is 6.20 Å². The third-order valence-electron chi connectivity index (χ3n) is 5.74. The van der Waals surface area contributed by atoms with Crippen LogP contribution >= 0.6 is 0 Å². The zero-order chi connectivity index (χ0) is 19.1. The van der Waals surface area contributed by atoms with Gasteiger partial charge in [0.05, 0.1) is 22.9 Å². The number of anilines is 1. The van der Waals surface area contributed by atoms with Crippen LogP contribution in [0.15, 0.2) is 54.7 Å². The Morgan fingerprint density at radius 2 is 2.11 bits per heavy atom. The number of hydrogen-bond acceptors (Lipinski definition) is 5. The molecule has 1 saturated heterocycles. The van der Waals surface area contributed by atoms with Crippen LogP contribution in [0.3, 0.4) is 0 Å². The van der Waals surface area contributed by atoms with Gasteiger partial charge in [0.25, 0.3) is 0 Å². The van der Waals surface area contributed by atoms with Crippen LogP contribution in [0.4, 0.5) is 5.69 Å². The summed E-state index contributed by atoms with van der Waals surface area (Å²) in [6.07, 6.45) is 2.52. The van der Waals surface area contributed by atoms with Crippen LogP contribution < -0.4 is 14.8 Å². The average molecular weight is 375 g/mol. The van der Waals surface area contributed by atoms with Crippen LogP contribution in [-0.2, 0) is 11.3 Å². The second-order valence-corrected chi connectivity index (χ2v) is 7.47. The number of carbonyl (C=O) groups excluding carboxylic acids is 1. The maximum atomic E-state index is 13.1. The Bertz CT molecular complexity index is 1070. The van der Waals surface area contributed by atoms with Crippen molar-refractivity contribution >= 4 is 22.5 Å². The van der Waals surface area contributed by atoms with E-state index in [2.05, 4.69) is 15.2 Å². The minimum absolute atomic E-state index is 0.0134. The molecule has 1 unspecified atom stereocenters. The van der Waals surface area contributed by atoms with E-state index in [0.29, 0.717) is 12.2 Å². The fraction of sp³-hybridized carbons (Fsp3) is 0.273. The average Bonchev–Trinajstić information content (AvgIpc) is 3.20. The molecule has 1 amide bonds. The van der Waals surface area contributed by atoms with Crippen LogP contribution in [0.5, 0.6) is 11.5 Å². The molecule has 1 N–H and O–H groups in total. The molecule has 28 heavy (non-hydrogen) atoms. The predicted molar refractivity (Wildman–Crippen MR) is 106 cm³/mol. The van der Waals surface area contributed by atoms with Gasteiger partial charge < -0.3 is 14.8 Å². The van der Waals surface area contributed by atoms with Crippen LogP contribution in [0.25, 0.3) is 10.9 Å². The van der Waals surface area contributed by atoms with Crippen molar-refractivity contribution in [3.05, 3.63) is 60.3 Å². The second-order valence-electron chi connectivity index (χ2n) is 7.47. The highest BCUT2D eigenvalue weighted by Crippen LogP contribution is 2.39. The molecule has 2 aliphatic heterocycles. The number of nitrogens with one attached hydrogen (secondary N) is 1. The monoisotopic (exact) mass is 375 g/mol. The minimum atomic E-state index is -0.562. The normalized spacial score (nSPS) is 20.8. The molecule has 0 saturated carbocycles. The van der Waals surface area contributed by atoms with Crippen molar-refractivity contribution in [1.29, 1.82) is 0 Å². The number of carbonyl (C=O) groups is 1. The summed E-state index contributed by atoms with van der Waals surface area (Å²) in [6.45, 7) is 3.75. The van der Waals surface area contributed by atoms with Crippen molar-refractivity contribution in [3.8, 4) is 11.5 Å². The number of pyridine rings is 1. The Morgan fingerprint density at radius 3 is 2.96 bits per heavy atom. The molecule has 1 atom stereocenters. The van der Waals surface area contributed by atoms with Crippen molar-refractivity contribution < 1.29 is 14.3 Å². The van der Waals surface area contributed by atoms with Crippen LogP contribution in [0.1, 0.15) is 18.9 Å². The van der Waals surface area contributed by atoms with Gasteiger partial charge in [-0.25, -0.2) is 0 Å². The lowest BCUT2D eigenvalue weighted by Gasteiger charge is -2.49. The molecule has 3 aromatic rings. The van der Waals surface area contributed by atoms with Crippen molar-refractivity contribution in [2.45, 2.75) is 25.4 Å². The van der Waals surface area contributed by atoms with E-state index in [9.17, 15) is 4.79 Å². The number of amides is 1. The first-order valence-electron chi connectivity index (χ1n) is 9.42. The van der Waals surface area contributed by atoms with Gasteiger partial charge in [0.15, 0.2) is 11.5 Å². The number of benzene rings is 2. The Kier molecular flexibility index (Phi) is 3.94. The quantitative estimate of drug-likeness (QED) is 0.755. The first-order valence-corrected chi connectivity index (χ1v) is 9.42. The smallest absolute Gasteiger partial charge is 0.244 e. The molecule has 1 aromatic heterocycles. The molecule has 2 aromatic carbocycles. The number of likely N-dealkylation sites (tertiary alicyclic amines) is 1. The number of rotatable bonds is 4. The molecule has 1 fully saturated rings. The molecule has 3 heterocycles. The van der Waals surface area contributed by atoms with E-state index in [1.165, 1.54) is 0 Å². The SMILES string of the molecule is CC1(C(=O)Nc2cnc3ccccc3c2)CCN1Cc1cccc2c1OCO2. The Morgan fingerprint density at radius 1 is 1.21 bits per heavy atom. The lowest BCUT2D eigenvalue weighted by Crippen LogP contribution is -2.63. The fourth-order valence-corrected chi connectivity index (χ4v) is 3.84. The van der Waals surface area contributed by atoms with Gasteiger partial charge in [0.1, 0.15) is 0 Å². The van der Waals surface area contributed by atoms with E-state index in [1.807, 2.05) is 55.5 Å². The second kappa shape index (κ2) is 6.49. The largest absolute Gasteiger partial charge is 0.454 e. The summed E-state index contributed by atoms with van der Waals surface area (Å²) in [5.74, 6) is 1.54. The van der Waals surface area contributed by atoms with E-state index < -0.39 is 5.54 Å². The van der Waals surface area contributed by atoms with Gasteiger partial charge >= 0.3 is 0 Å². The maximum absolute atomic E-state index is 13.1. The zero-order valence-corrected chi connectivity index (χ0v) is 15.6. The van der Waals surface area contributed by atoms with Crippen molar-refractivity contribution in [1.82, 2.24) is 9.88 Å². The number of hydrogen-bond donors (Lipinski definition) is 1. The predicted octanol–water partition coefficient (Wildman–Crippen LogP) is 3.57. The first-order chi connectivity index (χ1) is 13.6. The topological polar surface area (TPSA) is 63.7 Å². The highest BCUT2D eigenvalue weighted by Gasteiger charge is 2.47. The number of aromatic nitrogens is 1. The molecule has 2 aliphatic rings. The lowest BCUT2D eigenvalue weighted by molar-refractivity contribution is -0.136. The first kappa shape index (κ1) is 17.0. The highest BCUT2D eigenvalue weighted by atomic mass is 16.7. The van der Waals surface area contributed by atoms with Gasteiger partial charge in [0, 0.05) is 24.0 Å². The Hall–Kier alpha value is -3.12. The molecular formula is C22H21N3O3.